The van der Waals surface area contributed by atoms with Gasteiger partial charge in [-0.25, -0.2) is 4.68 Å². The molecule has 0 radical (unpaired) electrons. The molecule has 0 saturated carbocycles. The van der Waals surface area contributed by atoms with Crippen molar-refractivity contribution in [2.45, 2.75) is 13.5 Å². The van der Waals surface area contributed by atoms with E-state index < -0.39 is 0 Å². The van der Waals surface area contributed by atoms with Gasteiger partial charge >= 0.3 is 0 Å². The van der Waals surface area contributed by atoms with Gasteiger partial charge in [-0.05, 0) is 6.92 Å². The highest BCUT2D eigenvalue weighted by molar-refractivity contribution is 5.72. The van der Waals surface area contributed by atoms with Crippen molar-refractivity contribution in [2.75, 3.05) is 5.73 Å². The zero-order chi connectivity index (χ0) is 11.5. The van der Waals surface area contributed by atoms with Gasteiger partial charge in [0.05, 0.1) is 0 Å². The molecule has 2 N–H and O–H groups in total. The average Bonchev–Trinajstić information content (AvgIpc) is 2.66. The Labute approximate surface area is 93.9 Å². The van der Waals surface area contributed by atoms with Gasteiger partial charge in [-0.1, -0.05) is 30.3 Å². The van der Waals surface area contributed by atoms with Gasteiger partial charge in [0.15, 0.2) is 0 Å². The Balaban J connectivity index is 2.63. The van der Waals surface area contributed by atoms with Crippen LogP contribution < -0.4 is 5.73 Å². The van der Waals surface area contributed by atoms with Gasteiger partial charge in [0.25, 0.3) is 0 Å². The molecule has 1 aromatic carbocycles. The minimum Gasteiger partial charge on any atom is -0.383 e. The molecule has 4 heteroatoms. The van der Waals surface area contributed by atoms with Crippen molar-refractivity contribution in [2.24, 2.45) is 0 Å². The highest BCUT2D eigenvalue weighted by Crippen LogP contribution is 2.25. The Morgan fingerprint density at radius 1 is 1.38 bits per heavy atom. The van der Waals surface area contributed by atoms with E-state index in [-0.39, 0.29) is 0 Å². The fourth-order valence-corrected chi connectivity index (χ4v) is 1.62. The minimum atomic E-state index is 0.434. The monoisotopic (exact) mass is 212 g/mol. The molecule has 0 spiro atoms. The van der Waals surface area contributed by atoms with Crippen molar-refractivity contribution in [1.29, 1.82) is 5.26 Å². The fraction of sp³-hybridized carbons (Fsp3) is 0.167. The Morgan fingerprint density at radius 2 is 2.06 bits per heavy atom. The lowest BCUT2D eigenvalue weighted by Crippen LogP contribution is -2.02. The first-order valence-electron chi connectivity index (χ1n) is 5.09. The second-order valence-electron chi connectivity index (χ2n) is 3.40. The van der Waals surface area contributed by atoms with E-state index >= 15 is 0 Å². The second kappa shape index (κ2) is 4.07. The highest BCUT2D eigenvalue weighted by Gasteiger charge is 2.15. The predicted octanol–water partition coefficient (Wildman–Crippen LogP) is 2.02. The topological polar surface area (TPSA) is 67.6 Å². The largest absolute Gasteiger partial charge is 0.383 e. The van der Waals surface area contributed by atoms with Gasteiger partial charge < -0.3 is 5.73 Å². The molecule has 0 unspecified atom stereocenters. The highest BCUT2D eigenvalue weighted by atomic mass is 15.3. The third kappa shape index (κ3) is 1.52. The molecule has 16 heavy (non-hydrogen) atoms. The van der Waals surface area contributed by atoms with Gasteiger partial charge in [-0.3, -0.25) is 0 Å². The zero-order valence-corrected chi connectivity index (χ0v) is 9.01. The lowest BCUT2D eigenvalue weighted by Gasteiger charge is -1.96. The van der Waals surface area contributed by atoms with Crippen LogP contribution in [0.4, 0.5) is 5.82 Å². The van der Waals surface area contributed by atoms with Crippen LogP contribution >= 0.6 is 0 Å². The minimum absolute atomic E-state index is 0.434. The number of aryl methyl sites for hydroxylation is 1. The lowest BCUT2D eigenvalue weighted by atomic mass is 10.1. The van der Waals surface area contributed by atoms with Crippen LogP contribution in [0.1, 0.15) is 12.5 Å². The molecule has 0 amide bonds. The molecule has 1 heterocycles. The SMILES string of the molecule is CCn1nc(-c2ccccc2)c(C#N)c1N. The molecule has 4 nitrogen and oxygen atoms in total. The summed E-state index contributed by atoms with van der Waals surface area (Å²) in [5.41, 5.74) is 7.86. The molecule has 2 rings (SSSR count). The van der Waals surface area contributed by atoms with E-state index in [1.165, 1.54) is 0 Å². The predicted molar refractivity (Wildman–Crippen MR) is 62.5 cm³/mol. The third-order valence-electron chi connectivity index (χ3n) is 2.45. The van der Waals surface area contributed by atoms with Crippen LogP contribution in [0.3, 0.4) is 0 Å². The zero-order valence-electron chi connectivity index (χ0n) is 9.01. The number of nitrogens with two attached hydrogens (primary N) is 1. The summed E-state index contributed by atoms with van der Waals surface area (Å²) in [5, 5.41) is 13.4. The number of rotatable bonds is 2. The van der Waals surface area contributed by atoms with E-state index in [9.17, 15) is 0 Å². The molecule has 0 bridgehead atoms. The maximum Gasteiger partial charge on any atom is 0.140 e. The van der Waals surface area contributed by atoms with E-state index in [1.807, 2.05) is 37.3 Å². The third-order valence-corrected chi connectivity index (χ3v) is 2.45. The van der Waals surface area contributed by atoms with Crippen LogP contribution in [-0.4, -0.2) is 9.78 Å². The number of nitriles is 1. The van der Waals surface area contributed by atoms with Gasteiger partial charge in [0.2, 0.25) is 0 Å². The van der Waals surface area contributed by atoms with Gasteiger partial charge in [-0.2, -0.15) is 10.4 Å². The normalized spacial score (nSPS) is 10.0. The number of nitrogen functional groups attached to an aromatic ring is 1. The summed E-state index contributed by atoms with van der Waals surface area (Å²) in [6.07, 6.45) is 0. The summed E-state index contributed by atoms with van der Waals surface area (Å²) in [6.45, 7) is 2.60. The second-order valence-corrected chi connectivity index (χ2v) is 3.40. The summed E-state index contributed by atoms with van der Waals surface area (Å²) in [6, 6.07) is 11.7. The van der Waals surface area contributed by atoms with E-state index in [1.54, 1.807) is 4.68 Å². The van der Waals surface area contributed by atoms with E-state index in [4.69, 9.17) is 11.0 Å². The number of anilines is 1. The van der Waals surface area contributed by atoms with Crippen LogP contribution in [0.2, 0.25) is 0 Å². The number of nitrogens with zero attached hydrogens (tertiary/aromatic N) is 3. The van der Waals surface area contributed by atoms with Gasteiger partial charge in [-0.15, -0.1) is 0 Å². The van der Waals surface area contributed by atoms with E-state index in [0.29, 0.717) is 23.6 Å². The van der Waals surface area contributed by atoms with Crippen molar-refractivity contribution in [3.63, 3.8) is 0 Å². The summed E-state index contributed by atoms with van der Waals surface area (Å²) < 4.78 is 1.64. The van der Waals surface area contributed by atoms with Crippen LogP contribution in [0.15, 0.2) is 30.3 Å². The first-order chi connectivity index (χ1) is 7.77. The van der Waals surface area contributed by atoms with Crippen molar-refractivity contribution >= 4 is 5.82 Å². The maximum atomic E-state index is 9.09. The van der Waals surface area contributed by atoms with Crippen LogP contribution in [0, 0.1) is 11.3 Å². The Hall–Kier alpha value is -2.28. The van der Waals surface area contributed by atoms with Crippen molar-refractivity contribution in [1.82, 2.24) is 9.78 Å². The summed E-state index contributed by atoms with van der Waals surface area (Å²) in [7, 11) is 0. The van der Waals surface area contributed by atoms with Crippen LogP contribution in [0.25, 0.3) is 11.3 Å². The quantitative estimate of drug-likeness (QED) is 0.828. The number of benzene rings is 1. The molecule has 0 fully saturated rings. The summed E-state index contributed by atoms with van der Waals surface area (Å²) in [4.78, 5) is 0. The smallest absolute Gasteiger partial charge is 0.140 e. The van der Waals surface area contributed by atoms with E-state index in [0.717, 1.165) is 5.56 Å². The standard InChI is InChI=1S/C12H12N4/c1-2-16-12(14)10(8-13)11(15-16)9-6-4-3-5-7-9/h3-7H,2,14H2,1H3. The number of aromatic nitrogens is 2. The number of hydrogen-bond donors (Lipinski definition) is 1. The molecule has 1 aromatic heterocycles. The fourth-order valence-electron chi connectivity index (χ4n) is 1.62. The Bertz CT molecular complexity index is 534. The molecule has 2 aromatic rings. The number of hydrogen-bond acceptors (Lipinski definition) is 3. The van der Waals surface area contributed by atoms with E-state index in [2.05, 4.69) is 11.2 Å². The molecule has 0 aliphatic heterocycles. The molecule has 80 valence electrons. The molecule has 0 atom stereocenters. The summed E-state index contributed by atoms with van der Waals surface area (Å²) in [5.74, 6) is 0.434. The molecular formula is C12H12N4. The lowest BCUT2D eigenvalue weighted by molar-refractivity contribution is 0.672. The van der Waals surface area contributed by atoms with Crippen LogP contribution in [0.5, 0.6) is 0 Å². The van der Waals surface area contributed by atoms with Crippen molar-refractivity contribution < 1.29 is 0 Å². The van der Waals surface area contributed by atoms with Crippen LogP contribution in [-0.2, 0) is 6.54 Å². The first kappa shape index (κ1) is 10.2. The maximum absolute atomic E-state index is 9.09. The average molecular weight is 212 g/mol. The first-order valence-corrected chi connectivity index (χ1v) is 5.09. The molecular weight excluding hydrogens is 200 g/mol. The molecule has 0 aliphatic carbocycles. The molecule has 0 aliphatic rings. The van der Waals surface area contributed by atoms with Gasteiger partial charge in [0, 0.05) is 12.1 Å². The Morgan fingerprint density at radius 3 is 2.62 bits per heavy atom. The Kier molecular flexibility index (Phi) is 2.61. The summed E-state index contributed by atoms with van der Waals surface area (Å²) >= 11 is 0. The van der Waals surface area contributed by atoms with Crippen molar-refractivity contribution in [3.05, 3.63) is 35.9 Å². The van der Waals surface area contributed by atoms with Gasteiger partial charge in [0.1, 0.15) is 23.1 Å². The molecule has 0 saturated heterocycles. The van der Waals surface area contributed by atoms with Crippen molar-refractivity contribution in [3.8, 4) is 17.3 Å².